The summed E-state index contributed by atoms with van der Waals surface area (Å²) in [6.45, 7) is 16.6. The average Bonchev–Trinajstić information content (AvgIpc) is 2.79. The standard InChI is InChI=1S/C35H36O/c1-33(2,3)31-17-13-26(14-18-31)9-11-28-23-29(25-30(24-28)21-22-35(7,8)36)12-10-27-15-19-32(20-16-27)34(4,5)6/h13-20,23-25,36H,1-8H3. The summed E-state index contributed by atoms with van der Waals surface area (Å²) in [5, 5.41) is 10.1. The van der Waals surface area contributed by atoms with E-state index in [4.69, 9.17) is 0 Å². The van der Waals surface area contributed by atoms with Gasteiger partial charge in [-0.25, -0.2) is 0 Å². The van der Waals surface area contributed by atoms with Gasteiger partial charge in [0.2, 0.25) is 0 Å². The molecule has 0 heterocycles. The van der Waals surface area contributed by atoms with Gasteiger partial charge in [0.05, 0.1) is 0 Å². The second kappa shape index (κ2) is 10.5. The molecule has 36 heavy (non-hydrogen) atoms. The van der Waals surface area contributed by atoms with Crippen molar-refractivity contribution in [3.05, 3.63) is 106 Å². The highest BCUT2D eigenvalue weighted by atomic mass is 16.3. The quantitative estimate of drug-likeness (QED) is 0.343. The maximum atomic E-state index is 10.1. The van der Waals surface area contributed by atoms with Crippen LogP contribution < -0.4 is 0 Å². The van der Waals surface area contributed by atoms with E-state index >= 15 is 0 Å². The molecule has 0 bridgehead atoms. The minimum Gasteiger partial charge on any atom is -0.378 e. The first-order valence-electron chi connectivity index (χ1n) is 12.3. The molecule has 0 saturated heterocycles. The lowest BCUT2D eigenvalue weighted by Gasteiger charge is -2.18. The third kappa shape index (κ3) is 8.21. The van der Waals surface area contributed by atoms with Crippen LogP contribution in [0.25, 0.3) is 0 Å². The van der Waals surface area contributed by atoms with Crippen LogP contribution in [-0.4, -0.2) is 10.7 Å². The Morgan fingerprint density at radius 3 is 1.06 bits per heavy atom. The third-order valence-corrected chi connectivity index (χ3v) is 5.65. The fraction of sp³-hybridized carbons (Fsp3) is 0.314. The molecule has 3 aromatic rings. The summed E-state index contributed by atoms with van der Waals surface area (Å²) in [5.41, 5.74) is 6.09. The molecule has 3 rings (SSSR count). The Morgan fingerprint density at radius 2 is 0.750 bits per heavy atom. The summed E-state index contributed by atoms with van der Waals surface area (Å²) in [4.78, 5) is 0. The molecule has 0 aliphatic rings. The lowest BCUT2D eigenvalue weighted by molar-refractivity contribution is 0.143. The molecule has 0 aliphatic heterocycles. The van der Waals surface area contributed by atoms with Crippen molar-refractivity contribution in [3.8, 4) is 35.5 Å². The highest BCUT2D eigenvalue weighted by Crippen LogP contribution is 2.23. The van der Waals surface area contributed by atoms with Gasteiger partial charge in [0.15, 0.2) is 0 Å². The number of rotatable bonds is 0. The Hall–Kier alpha value is -3.70. The van der Waals surface area contributed by atoms with E-state index in [9.17, 15) is 5.11 Å². The van der Waals surface area contributed by atoms with Crippen LogP contribution >= 0.6 is 0 Å². The van der Waals surface area contributed by atoms with Crippen LogP contribution in [0, 0.1) is 35.5 Å². The first-order valence-corrected chi connectivity index (χ1v) is 12.3. The fourth-order valence-corrected chi connectivity index (χ4v) is 3.47. The molecule has 0 unspecified atom stereocenters. The molecule has 0 spiro atoms. The van der Waals surface area contributed by atoms with Crippen molar-refractivity contribution in [2.24, 2.45) is 0 Å². The topological polar surface area (TPSA) is 20.2 Å². The first kappa shape index (κ1) is 26.9. The van der Waals surface area contributed by atoms with E-state index in [1.54, 1.807) is 13.8 Å². The van der Waals surface area contributed by atoms with E-state index in [1.165, 1.54) is 11.1 Å². The van der Waals surface area contributed by atoms with Gasteiger partial charge < -0.3 is 5.11 Å². The summed E-state index contributed by atoms with van der Waals surface area (Å²) in [7, 11) is 0. The zero-order chi connectivity index (χ0) is 26.6. The van der Waals surface area contributed by atoms with Crippen LogP contribution in [0.4, 0.5) is 0 Å². The fourth-order valence-electron chi connectivity index (χ4n) is 3.47. The molecule has 0 aromatic heterocycles. The molecule has 182 valence electrons. The predicted molar refractivity (Wildman–Crippen MR) is 152 cm³/mol. The van der Waals surface area contributed by atoms with Gasteiger partial charge in [0.1, 0.15) is 5.60 Å². The Labute approximate surface area is 218 Å². The van der Waals surface area contributed by atoms with Crippen molar-refractivity contribution in [3.63, 3.8) is 0 Å². The highest BCUT2D eigenvalue weighted by molar-refractivity contribution is 5.54. The van der Waals surface area contributed by atoms with Crippen LogP contribution in [0.3, 0.4) is 0 Å². The van der Waals surface area contributed by atoms with Gasteiger partial charge in [-0.15, -0.1) is 0 Å². The SMILES string of the molecule is CC(C)(O)C#Cc1cc(C#Cc2ccc(C(C)(C)C)cc2)cc(C#Cc2ccc(C(C)(C)C)cc2)c1. The van der Waals surface area contributed by atoms with Gasteiger partial charge >= 0.3 is 0 Å². The third-order valence-electron chi connectivity index (χ3n) is 5.65. The van der Waals surface area contributed by atoms with Gasteiger partial charge in [-0.3, -0.25) is 0 Å². The molecular formula is C35H36O. The molecule has 0 amide bonds. The van der Waals surface area contributed by atoms with E-state index in [0.717, 1.165) is 27.8 Å². The molecule has 3 aromatic carbocycles. The van der Waals surface area contributed by atoms with Crippen molar-refractivity contribution in [2.45, 2.75) is 71.8 Å². The number of hydrogen-bond donors (Lipinski definition) is 1. The van der Waals surface area contributed by atoms with Crippen LogP contribution in [0.15, 0.2) is 66.7 Å². The van der Waals surface area contributed by atoms with Crippen LogP contribution in [0.2, 0.25) is 0 Å². The van der Waals surface area contributed by atoms with Crippen LogP contribution in [0.1, 0.15) is 94.3 Å². The maximum absolute atomic E-state index is 10.1. The number of hydrogen-bond acceptors (Lipinski definition) is 1. The largest absolute Gasteiger partial charge is 0.378 e. The molecule has 0 fully saturated rings. The Balaban J connectivity index is 1.96. The Morgan fingerprint density at radius 1 is 0.444 bits per heavy atom. The molecule has 1 nitrogen and oxygen atoms in total. The second-order valence-electron chi connectivity index (χ2n) is 11.8. The zero-order valence-corrected chi connectivity index (χ0v) is 22.8. The van der Waals surface area contributed by atoms with Crippen molar-refractivity contribution in [2.75, 3.05) is 0 Å². The van der Waals surface area contributed by atoms with E-state index in [2.05, 4.69) is 126 Å². The lowest BCUT2D eigenvalue weighted by Crippen LogP contribution is -2.14. The Kier molecular flexibility index (Phi) is 7.85. The minimum absolute atomic E-state index is 0.111. The van der Waals surface area contributed by atoms with Crippen LogP contribution in [0.5, 0.6) is 0 Å². The molecule has 0 radical (unpaired) electrons. The van der Waals surface area contributed by atoms with E-state index < -0.39 is 5.60 Å². The highest BCUT2D eigenvalue weighted by Gasteiger charge is 2.13. The monoisotopic (exact) mass is 472 g/mol. The van der Waals surface area contributed by atoms with Gasteiger partial charge in [-0.05, 0) is 78.3 Å². The number of aliphatic hydroxyl groups is 1. The first-order chi connectivity index (χ1) is 16.7. The van der Waals surface area contributed by atoms with Gasteiger partial charge in [-0.2, -0.15) is 0 Å². The molecule has 1 heteroatoms. The van der Waals surface area contributed by atoms with Gasteiger partial charge in [0, 0.05) is 27.8 Å². The van der Waals surface area contributed by atoms with E-state index in [1.807, 2.05) is 18.2 Å². The summed E-state index contributed by atoms with van der Waals surface area (Å²) >= 11 is 0. The van der Waals surface area contributed by atoms with Gasteiger partial charge in [0.25, 0.3) is 0 Å². The van der Waals surface area contributed by atoms with E-state index in [0.29, 0.717) is 0 Å². The summed E-state index contributed by atoms with van der Waals surface area (Å²) < 4.78 is 0. The van der Waals surface area contributed by atoms with Crippen LogP contribution in [-0.2, 0) is 10.8 Å². The normalized spacial score (nSPS) is 11.4. The second-order valence-corrected chi connectivity index (χ2v) is 11.8. The molecule has 0 aliphatic carbocycles. The number of benzene rings is 3. The molecular weight excluding hydrogens is 436 g/mol. The van der Waals surface area contributed by atoms with Crippen molar-refractivity contribution < 1.29 is 5.11 Å². The summed E-state index contributed by atoms with van der Waals surface area (Å²) in [6.07, 6.45) is 0. The smallest absolute Gasteiger partial charge is 0.120 e. The van der Waals surface area contributed by atoms with Crippen molar-refractivity contribution in [1.82, 2.24) is 0 Å². The summed E-state index contributed by atoms with van der Waals surface area (Å²) in [6, 6.07) is 22.7. The lowest BCUT2D eigenvalue weighted by atomic mass is 9.87. The van der Waals surface area contributed by atoms with Crippen molar-refractivity contribution >= 4 is 0 Å². The predicted octanol–water partition coefficient (Wildman–Crippen LogP) is 7.20. The average molecular weight is 473 g/mol. The van der Waals surface area contributed by atoms with E-state index in [-0.39, 0.29) is 10.8 Å². The zero-order valence-electron chi connectivity index (χ0n) is 22.8. The molecule has 0 saturated carbocycles. The van der Waals surface area contributed by atoms with Gasteiger partial charge in [-0.1, -0.05) is 101 Å². The molecule has 0 atom stereocenters. The minimum atomic E-state index is -1.07. The Bertz CT molecular complexity index is 1300. The van der Waals surface area contributed by atoms with Crippen molar-refractivity contribution in [1.29, 1.82) is 0 Å². The summed E-state index contributed by atoms with van der Waals surface area (Å²) in [5.74, 6) is 19.0. The molecule has 1 N–H and O–H groups in total. The maximum Gasteiger partial charge on any atom is 0.120 e.